The van der Waals surface area contributed by atoms with Gasteiger partial charge in [-0.1, -0.05) is 18.2 Å². The Labute approximate surface area is 152 Å². The number of amides is 1. The molecule has 7 nitrogen and oxygen atoms in total. The first-order valence-corrected chi connectivity index (χ1v) is 9.33. The van der Waals surface area contributed by atoms with Crippen molar-refractivity contribution in [3.8, 4) is 0 Å². The van der Waals surface area contributed by atoms with Gasteiger partial charge in [-0.25, -0.2) is 17.9 Å². The lowest BCUT2D eigenvalue weighted by atomic mass is 10.2. The second-order valence-electron chi connectivity index (χ2n) is 5.64. The van der Waals surface area contributed by atoms with E-state index in [4.69, 9.17) is 4.74 Å². The lowest BCUT2D eigenvalue weighted by Crippen LogP contribution is -2.30. The summed E-state index contributed by atoms with van der Waals surface area (Å²) in [6.07, 6.45) is -1.05. The van der Waals surface area contributed by atoms with Gasteiger partial charge in [-0.15, -0.1) is 0 Å². The number of hydrogen-bond acceptors (Lipinski definition) is 5. The molecule has 1 unspecified atom stereocenters. The summed E-state index contributed by atoms with van der Waals surface area (Å²) in [5.74, 6) is -1.27. The lowest BCUT2D eigenvalue weighted by Gasteiger charge is -2.14. The first-order valence-electron chi connectivity index (χ1n) is 7.85. The van der Waals surface area contributed by atoms with E-state index in [0.717, 1.165) is 5.56 Å². The van der Waals surface area contributed by atoms with E-state index < -0.39 is 28.0 Å². The highest BCUT2D eigenvalue weighted by atomic mass is 32.2. The zero-order valence-corrected chi connectivity index (χ0v) is 15.5. The second kappa shape index (κ2) is 8.11. The molecule has 1 atom stereocenters. The molecule has 0 saturated heterocycles. The minimum Gasteiger partial charge on any atom is -0.449 e. The van der Waals surface area contributed by atoms with Crippen LogP contribution in [0.15, 0.2) is 53.4 Å². The molecule has 0 radical (unpaired) electrons. The predicted molar refractivity (Wildman–Crippen MR) is 97.4 cm³/mol. The molecule has 1 amide bonds. The van der Waals surface area contributed by atoms with E-state index in [9.17, 15) is 18.0 Å². The highest BCUT2D eigenvalue weighted by Crippen LogP contribution is 2.14. The molecule has 0 heterocycles. The number of rotatable bonds is 6. The van der Waals surface area contributed by atoms with Crippen molar-refractivity contribution in [1.29, 1.82) is 0 Å². The zero-order valence-electron chi connectivity index (χ0n) is 14.6. The largest absolute Gasteiger partial charge is 0.449 e. The molecule has 8 heteroatoms. The summed E-state index contributed by atoms with van der Waals surface area (Å²) in [6.45, 7) is 3.34. The molecule has 0 aromatic heterocycles. The van der Waals surface area contributed by atoms with Crippen LogP contribution in [0.5, 0.6) is 0 Å². The normalized spacial score (nSPS) is 12.3. The molecule has 0 bridgehead atoms. The summed E-state index contributed by atoms with van der Waals surface area (Å²) >= 11 is 0. The molecule has 2 aromatic rings. The van der Waals surface area contributed by atoms with E-state index in [0.29, 0.717) is 5.69 Å². The maximum atomic E-state index is 12.2. The van der Waals surface area contributed by atoms with E-state index in [1.807, 2.05) is 13.0 Å². The van der Waals surface area contributed by atoms with Gasteiger partial charge in [-0.2, -0.15) is 0 Å². The number of sulfonamides is 1. The van der Waals surface area contributed by atoms with Crippen LogP contribution in [0.3, 0.4) is 0 Å². The monoisotopic (exact) mass is 376 g/mol. The summed E-state index contributed by atoms with van der Waals surface area (Å²) in [5, 5.41) is 2.66. The first-order chi connectivity index (χ1) is 12.2. The number of anilines is 1. The quantitative estimate of drug-likeness (QED) is 0.752. The van der Waals surface area contributed by atoms with E-state index >= 15 is 0 Å². The van der Waals surface area contributed by atoms with Crippen molar-refractivity contribution in [1.82, 2.24) is 4.72 Å². The van der Waals surface area contributed by atoms with Crippen molar-refractivity contribution in [2.45, 2.75) is 24.8 Å². The highest BCUT2D eigenvalue weighted by Gasteiger charge is 2.20. The summed E-state index contributed by atoms with van der Waals surface area (Å²) in [6, 6.07) is 12.6. The minimum absolute atomic E-state index is 0.0385. The third-order valence-electron chi connectivity index (χ3n) is 3.59. The average molecular weight is 376 g/mol. The Morgan fingerprint density at radius 2 is 1.77 bits per heavy atom. The molecule has 2 rings (SSSR count). The van der Waals surface area contributed by atoms with Crippen LogP contribution in [0, 0.1) is 6.92 Å². The molecule has 0 aliphatic heterocycles. The van der Waals surface area contributed by atoms with Gasteiger partial charge < -0.3 is 10.1 Å². The van der Waals surface area contributed by atoms with Gasteiger partial charge in [-0.3, -0.25) is 4.79 Å². The van der Waals surface area contributed by atoms with Crippen LogP contribution in [0.25, 0.3) is 0 Å². The number of aryl methyl sites for hydroxylation is 1. The summed E-state index contributed by atoms with van der Waals surface area (Å²) in [7, 11) is -2.41. The van der Waals surface area contributed by atoms with Crippen LogP contribution >= 0.6 is 0 Å². The third kappa shape index (κ3) is 4.90. The number of nitrogens with one attached hydrogen (secondary N) is 2. The van der Waals surface area contributed by atoms with Gasteiger partial charge in [0.15, 0.2) is 6.10 Å². The first kappa shape index (κ1) is 19.6. The van der Waals surface area contributed by atoms with E-state index in [1.165, 1.54) is 38.2 Å². The van der Waals surface area contributed by atoms with Crippen LogP contribution in [0.4, 0.5) is 5.69 Å². The van der Waals surface area contributed by atoms with Crippen LogP contribution in [-0.2, 0) is 19.6 Å². The molecule has 0 saturated carbocycles. The molecule has 138 valence electrons. The van der Waals surface area contributed by atoms with Crippen molar-refractivity contribution >= 4 is 27.6 Å². The average Bonchev–Trinajstić information content (AvgIpc) is 2.61. The molecule has 0 spiro atoms. The van der Waals surface area contributed by atoms with Crippen LogP contribution in [0.1, 0.15) is 22.8 Å². The van der Waals surface area contributed by atoms with Gasteiger partial charge >= 0.3 is 5.97 Å². The summed E-state index contributed by atoms with van der Waals surface area (Å²) in [4.78, 5) is 24.3. The molecular weight excluding hydrogens is 356 g/mol. The second-order valence-corrected chi connectivity index (χ2v) is 7.53. The lowest BCUT2D eigenvalue weighted by molar-refractivity contribution is -0.123. The molecule has 0 aliphatic rings. The van der Waals surface area contributed by atoms with Crippen LogP contribution < -0.4 is 10.0 Å². The Bertz CT molecular complexity index is 925. The Hall–Kier alpha value is -2.71. The maximum Gasteiger partial charge on any atom is 0.338 e. The van der Waals surface area contributed by atoms with Gasteiger partial charge in [-0.05, 0) is 56.8 Å². The Balaban J connectivity index is 2.07. The Kier molecular flexibility index (Phi) is 6.12. The predicted octanol–water partition coefficient (Wildman–Crippen LogP) is 2.09. The van der Waals surface area contributed by atoms with E-state index in [1.54, 1.807) is 18.2 Å². The van der Waals surface area contributed by atoms with E-state index in [-0.39, 0.29) is 10.5 Å². The fourth-order valence-corrected chi connectivity index (χ4v) is 2.93. The Morgan fingerprint density at radius 3 is 2.42 bits per heavy atom. The summed E-state index contributed by atoms with van der Waals surface area (Å²) < 4.78 is 30.9. The topological polar surface area (TPSA) is 102 Å². The third-order valence-corrected chi connectivity index (χ3v) is 5.00. The zero-order chi connectivity index (χ0) is 19.3. The number of carbonyl (C=O) groups excluding carboxylic acids is 2. The molecule has 2 aromatic carbocycles. The summed E-state index contributed by atoms with van der Waals surface area (Å²) in [5.41, 5.74) is 1.62. The molecular formula is C18H20N2O5S. The van der Waals surface area contributed by atoms with Crippen LogP contribution in [-0.4, -0.2) is 33.4 Å². The van der Waals surface area contributed by atoms with Gasteiger partial charge in [0, 0.05) is 5.69 Å². The van der Waals surface area contributed by atoms with Crippen LogP contribution in [0.2, 0.25) is 0 Å². The van der Waals surface area contributed by atoms with Crippen molar-refractivity contribution in [2.24, 2.45) is 0 Å². The van der Waals surface area contributed by atoms with Gasteiger partial charge in [0.1, 0.15) is 0 Å². The number of benzene rings is 2. The highest BCUT2D eigenvalue weighted by molar-refractivity contribution is 7.89. The fraction of sp³-hybridized carbons (Fsp3) is 0.222. The van der Waals surface area contributed by atoms with Gasteiger partial charge in [0.25, 0.3) is 5.91 Å². The standard InChI is InChI=1S/C18H20N2O5S/c1-12-6-4-8-15(10-12)20-17(21)13(2)25-18(22)14-7-5-9-16(11-14)26(23,24)19-3/h4-11,13,19H,1-3H3,(H,20,21). The van der Waals surface area contributed by atoms with Gasteiger partial charge in [0.05, 0.1) is 10.5 Å². The van der Waals surface area contributed by atoms with E-state index in [2.05, 4.69) is 10.0 Å². The fourth-order valence-electron chi connectivity index (χ4n) is 2.16. The number of hydrogen-bond donors (Lipinski definition) is 2. The van der Waals surface area contributed by atoms with Crippen molar-refractivity contribution < 1.29 is 22.7 Å². The molecule has 0 fully saturated rings. The molecule has 0 aliphatic carbocycles. The number of carbonyl (C=O) groups is 2. The van der Waals surface area contributed by atoms with Crippen molar-refractivity contribution in [3.63, 3.8) is 0 Å². The Morgan fingerprint density at radius 1 is 1.08 bits per heavy atom. The smallest absolute Gasteiger partial charge is 0.338 e. The minimum atomic E-state index is -3.68. The van der Waals surface area contributed by atoms with Crippen molar-refractivity contribution in [3.05, 3.63) is 59.7 Å². The number of ether oxygens (including phenoxy) is 1. The maximum absolute atomic E-state index is 12.2. The molecule has 2 N–H and O–H groups in total. The number of esters is 1. The molecule has 26 heavy (non-hydrogen) atoms. The van der Waals surface area contributed by atoms with Crippen molar-refractivity contribution in [2.75, 3.05) is 12.4 Å². The SMILES string of the molecule is CNS(=O)(=O)c1cccc(C(=O)OC(C)C(=O)Nc2cccc(C)c2)c1. The van der Waals surface area contributed by atoms with Gasteiger partial charge in [0.2, 0.25) is 10.0 Å².